The van der Waals surface area contributed by atoms with E-state index in [0.717, 1.165) is 12.1 Å². The Hall–Kier alpha value is -2.08. The van der Waals surface area contributed by atoms with Crippen molar-refractivity contribution in [2.24, 2.45) is 0 Å². The minimum Gasteiger partial charge on any atom is -0.445 e. The lowest BCUT2D eigenvalue weighted by atomic mass is 10.0. The molecule has 2 amide bonds. The summed E-state index contributed by atoms with van der Waals surface area (Å²) < 4.78 is 5.17. The van der Waals surface area contributed by atoms with Crippen LogP contribution >= 0.6 is 0 Å². The largest absolute Gasteiger partial charge is 0.445 e. The molecule has 0 aliphatic heterocycles. The van der Waals surface area contributed by atoms with E-state index in [1.165, 1.54) is 0 Å². The zero-order valence-corrected chi connectivity index (χ0v) is 14.4. The molecule has 128 valence electrons. The Morgan fingerprint density at radius 3 is 2.43 bits per heavy atom. The molecule has 1 aromatic carbocycles. The Kier molecular flexibility index (Phi) is 7.54. The van der Waals surface area contributed by atoms with E-state index in [4.69, 9.17) is 4.74 Å². The summed E-state index contributed by atoms with van der Waals surface area (Å²) in [7, 11) is 3.89. The summed E-state index contributed by atoms with van der Waals surface area (Å²) in [6.07, 6.45) is -0.333. The van der Waals surface area contributed by atoms with Crippen molar-refractivity contribution in [3.63, 3.8) is 0 Å². The fraction of sp³-hybridized carbons (Fsp3) is 0.529. The van der Waals surface area contributed by atoms with E-state index in [9.17, 15) is 9.59 Å². The molecule has 6 nitrogen and oxygen atoms in total. The molecule has 6 heteroatoms. The molecule has 0 aliphatic rings. The van der Waals surface area contributed by atoms with Crippen LogP contribution in [-0.4, -0.2) is 49.6 Å². The van der Waals surface area contributed by atoms with Crippen LogP contribution in [0.25, 0.3) is 0 Å². The standard InChI is InChI=1S/C17H27N3O3/c1-17(2,12-15(21)18-10-11-20(3)4)19-16(22)23-13-14-8-6-5-7-9-14/h5-9H,10-13H2,1-4H3,(H,18,21)(H,19,22). The molecule has 0 unspecified atom stereocenters. The normalized spacial score (nSPS) is 11.2. The number of hydrogen-bond donors (Lipinski definition) is 2. The third-order valence-electron chi connectivity index (χ3n) is 3.14. The van der Waals surface area contributed by atoms with Crippen LogP contribution in [-0.2, 0) is 16.1 Å². The van der Waals surface area contributed by atoms with E-state index in [1.807, 2.05) is 49.3 Å². The lowest BCUT2D eigenvalue weighted by molar-refractivity contribution is -0.122. The van der Waals surface area contributed by atoms with Crippen LogP contribution in [0.1, 0.15) is 25.8 Å². The van der Waals surface area contributed by atoms with Crippen LogP contribution < -0.4 is 10.6 Å². The fourth-order valence-electron chi connectivity index (χ4n) is 1.96. The fourth-order valence-corrected chi connectivity index (χ4v) is 1.96. The predicted octanol–water partition coefficient (Wildman–Crippen LogP) is 1.76. The molecule has 0 bridgehead atoms. The number of carbonyl (C=O) groups is 2. The highest BCUT2D eigenvalue weighted by molar-refractivity contribution is 5.78. The molecule has 23 heavy (non-hydrogen) atoms. The summed E-state index contributed by atoms with van der Waals surface area (Å²) >= 11 is 0. The minimum atomic E-state index is -0.671. The Morgan fingerprint density at radius 2 is 1.83 bits per heavy atom. The quantitative estimate of drug-likeness (QED) is 0.765. The smallest absolute Gasteiger partial charge is 0.407 e. The first-order valence-corrected chi connectivity index (χ1v) is 7.69. The van der Waals surface area contributed by atoms with Crippen LogP contribution in [0.15, 0.2) is 30.3 Å². The average molecular weight is 321 g/mol. The van der Waals surface area contributed by atoms with Crippen molar-refractivity contribution in [2.75, 3.05) is 27.2 Å². The van der Waals surface area contributed by atoms with Crippen LogP contribution in [0.4, 0.5) is 4.79 Å². The zero-order chi connectivity index (χ0) is 17.3. The topological polar surface area (TPSA) is 70.7 Å². The number of ether oxygens (including phenoxy) is 1. The van der Waals surface area contributed by atoms with Crippen molar-refractivity contribution in [1.82, 2.24) is 15.5 Å². The van der Waals surface area contributed by atoms with Gasteiger partial charge in [-0.15, -0.1) is 0 Å². The number of nitrogens with zero attached hydrogens (tertiary/aromatic N) is 1. The predicted molar refractivity (Wildman–Crippen MR) is 90.0 cm³/mol. The van der Waals surface area contributed by atoms with Gasteiger partial charge in [0, 0.05) is 25.0 Å². The van der Waals surface area contributed by atoms with Gasteiger partial charge in [-0.1, -0.05) is 30.3 Å². The van der Waals surface area contributed by atoms with E-state index in [-0.39, 0.29) is 18.9 Å². The molecule has 1 rings (SSSR count). The third kappa shape index (κ3) is 8.83. The third-order valence-corrected chi connectivity index (χ3v) is 3.14. The van der Waals surface area contributed by atoms with Crippen molar-refractivity contribution in [1.29, 1.82) is 0 Å². The number of nitrogens with one attached hydrogen (secondary N) is 2. The van der Waals surface area contributed by atoms with E-state index >= 15 is 0 Å². The Balaban J connectivity index is 2.32. The summed E-state index contributed by atoms with van der Waals surface area (Å²) in [6.45, 7) is 5.15. The van der Waals surface area contributed by atoms with Gasteiger partial charge in [-0.25, -0.2) is 4.79 Å². The monoisotopic (exact) mass is 321 g/mol. The van der Waals surface area contributed by atoms with Gasteiger partial charge in [0.1, 0.15) is 6.61 Å². The summed E-state index contributed by atoms with van der Waals surface area (Å²) in [6, 6.07) is 9.45. The van der Waals surface area contributed by atoms with Crippen LogP contribution in [0.5, 0.6) is 0 Å². The average Bonchev–Trinajstić information content (AvgIpc) is 2.44. The van der Waals surface area contributed by atoms with Crippen LogP contribution in [0.3, 0.4) is 0 Å². The van der Waals surface area contributed by atoms with E-state index in [0.29, 0.717) is 6.54 Å². The van der Waals surface area contributed by atoms with Crippen LogP contribution in [0.2, 0.25) is 0 Å². The first-order valence-electron chi connectivity index (χ1n) is 7.69. The summed E-state index contributed by atoms with van der Waals surface area (Å²) in [5, 5.41) is 5.55. The number of likely N-dealkylation sites (N-methyl/N-ethyl adjacent to an activating group) is 1. The SMILES string of the molecule is CN(C)CCNC(=O)CC(C)(C)NC(=O)OCc1ccccc1. The molecule has 0 atom stereocenters. The number of amides is 2. The summed E-state index contributed by atoms with van der Waals surface area (Å²) in [5.41, 5.74) is 0.248. The second kappa shape index (κ2) is 9.15. The van der Waals surface area contributed by atoms with Gasteiger partial charge in [-0.2, -0.15) is 0 Å². The Bertz CT molecular complexity index is 501. The molecule has 1 aromatic rings. The first kappa shape index (κ1) is 19.0. The second-order valence-corrected chi connectivity index (χ2v) is 6.40. The molecule has 0 aliphatic carbocycles. The second-order valence-electron chi connectivity index (χ2n) is 6.40. The van der Waals surface area contributed by atoms with Gasteiger partial charge in [0.25, 0.3) is 0 Å². The molecule has 0 saturated carbocycles. The van der Waals surface area contributed by atoms with Crippen molar-refractivity contribution in [2.45, 2.75) is 32.4 Å². The Morgan fingerprint density at radius 1 is 1.17 bits per heavy atom. The number of hydrogen-bond acceptors (Lipinski definition) is 4. The van der Waals surface area contributed by atoms with E-state index in [1.54, 1.807) is 13.8 Å². The molecular formula is C17H27N3O3. The lowest BCUT2D eigenvalue weighted by Gasteiger charge is -2.25. The zero-order valence-electron chi connectivity index (χ0n) is 14.4. The van der Waals surface area contributed by atoms with Gasteiger partial charge in [-0.05, 0) is 33.5 Å². The van der Waals surface area contributed by atoms with E-state index in [2.05, 4.69) is 10.6 Å². The maximum atomic E-state index is 11.9. The minimum absolute atomic E-state index is 0.0970. The molecule has 0 radical (unpaired) electrons. The van der Waals surface area contributed by atoms with Crippen molar-refractivity contribution in [3.8, 4) is 0 Å². The molecule has 0 heterocycles. The number of rotatable bonds is 8. The summed E-state index contributed by atoms with van der Waals surface area (Å²) in [4.78, 5) is 25.7. The molecule has 0 fully saturated rings. The van der Waals surface area contributed by atoms with Gasteiger partial charge in [0.15, 0.2) is 0 Å². The van der Waals surface area contributed by atoms with Crippen molar-refractivity contribution < 1.29 is 14.3 Å². The molecule has 0 saturated heterocycles. The highest BCUT2D eigenvalue weighted by atomic mass is 16.5. The highest BCUT2D eigenvalue weighted by Gasteiger charge is 2.24. The molecule has 0 spiro atoms. The van der Waals surface area contributed by atoms with E-state index < -0.39 is 11.6 Å². The van der Waals surface area contributed by atoms with Gasteiger partial charge >= 0.3 is 6.09 Å². The van der Waals surface area contributed by atoms with Gasteiger partial charge in [0.05, 0.1) is 0 Å². The maximum Gasteiger partial charge on any atom is 0.407 e. The molecule has 2 N–H and O–H groups in total. The van der Waals surface area contributed by atoms with Gasteiger partial charge in [-0.3, -0.25) is 4.79 Å². The van der Waals surface area contributed by atoms with Crippen LogP contribution in [0, 0.1) is 0 Å². The van der Waals surface area contributed by atoms with Crippen molar-refractivity contribution >= 4 is 12.0 Å². The molecular weight excluding hydrogens is 294 g/mol. The first-order chi connectivity index (χ1) is 10.8. The highest BCUT2D eigenvalue weighted by Crippen LogP contribution is 2.09. The van der Waals surface area contributed by atoms with Gasteiger partial charge in [0.2, 0.25) is 5.91 Å². The number of carbonyl (C=O) groups excluding carboxylic acids is 2. The Labute approximate surface area is 138 Å². The molecule has 0 aromatic heterocycles. The number of alkyl carbamates (subject to hydrolysis) is 1. The van der Waals surface area contributed by atoms with Gasteiger partial charge < -0.3 is 20.3 Å². The maximum absolute atomic E-state index is 11.9. The van der Waals surface area contributed by atoms with Crippen molar-refractivity contribution in [3.05, 3.63) is 35.9 Å². The lowest BCUT2D eigenvalue weighted by Crippen LogP contribution is -2.47. The number of benzene rings is 1. The summed E-state index contributed by atoms with van der Waals surface area (Å²) in [5.74, 6) is -0.0970.